The Balaban J connectivity index is 1.59. The van der Waals surface area contributed by atoms with Gasteiger partial charge in [0.05, 0.1) is 12.2 Å². The summed E-state index contributed by atoms with van der Waals surface area (Å²) in [5.74, 6) is 3.44. The first-order valence-electron chi connectivity index (χ1n) is 10.8. The van der Waals surface area contributed by atoms with Gasteiger partial charge in [-0.3, -0.25) is 0 Å². The van der Waals surface area contributed by atoms with Gasteiger partial charge in [0.25, 0.3) is 0 Å². The fourth-order valence-corrected chi connectivity index (χ4v) is 5.30. The van der Waals surface area contributed by atoms with E-state index in [2.05, 4.69) is 33.3 Å². The lowest BCUT2D eigenvalue weighted by Crippen LogP contribution is -2.33. The molecule has 1 saturated heterocycles. The molecule has 3 aromatic heterocycles. The smallest absolute Gasteiger partial charge is 0.219 e. The first kappa shape index (κ1) is 18.0. The Bertz CT molecular complexity index is 1120. The molecule has 0 aromatic carbocycles. The fourth-order valence-electron chi connectivity index (χ4n) is 5.30. The van der Waals surface area contributed by atoms with Crippen LogP contribution in [0.4, 0.5) is 11.8 Å². The van der Waals surface area contributed by atoms with Crippen molar-refractivity contribution < 1.29 is 4.74 Å². The van der Waals surface area contributed by atoms with E-state index in [1.807, 2.05) is 0 Å². The second-order valence-electron chi connectivity index (χ2n) is 9.16. The van der Waals surface area contributed by atoms with Crippen LogP contribution in [0.5, 0.6) is 0 Å². The zero-order chi connectivity index (χ0) is 20.5. The van der Waals surface area contributed by atoms with Crippen molar-refractivity contribution in [3.8, 4) is 11.4 Å². The average Bonchev–Trinajstić information content (AvgIpc) is 3.25. The van der Waals surface area contributed by atoms with E-state index < -0.39 is 5.60 Å². The number of nitrogen functional groups attached to an aromatic ring is 1. The summed E-state index contributed by atoms with van der Waals surface area (Å²) in [5.41, 5.74) is 7.72. The van der Waals surface area contributed by atoms with Crippen LogP contribution in [0.15, 0.2) is 12.4 Å². The molecule has 156 valence electrons. The molecular formula is C21H26N8O. The van der Waals surface area contributed by atoms with Gasteiger partial charge in [-0.1, -0.05) is 6.42 Å². The Morgan fingerprint density at radius 3 is 2.77 bits per heavy atom. The quantitative estimate of drug-likeness (QED) is 0.692. The topological polar surface area (TPSA) is 108 Å². The molecule has 3 aromatic rings. The zero-order valence-electron chi connectivity index (χ0n) is 17.4. The highest BCUT2D eigenvalue weighted by Gasteiger charge is 2.39. The van der Waals surface area contributed by atoms with Crippen LogP contribution in [0.25, 0.3) is 22.6 Å². The van der Waals surface area contributed by atoms with Crippen LogP contribution < -0.4 is 10.6 Å². The highest BCUT2D eigenvalue weighted by Crippen LogP contribution is 2.41. The number of aromatic nitrogens is 6. The molecule has 1 saturated carbocycles. The lowest BCUT2D eigenvalue weighted by atomic mass is 9.90. The van der Waals surface area contributed by atoms with Crippen molar-refractivity contribution in [3.63, 3.8) is 0 Å². The van der Waals surface area contributed by atoms with Crippen molar-refractivity contribution in [3.05, 3.63) is 18.2 Å². The molecule has 9 heteroatoms. The number of nitrogens with two attached hydrogens (primary N) is 1. The normalized spacial score (nSPS) is 24.9. The highest BCUT2D eigenvalue weighted by atomic mass is 16.5. The van der Waals surface area contributed by atoms with Gasteiger partial charge in [0.2, 0.25) is 5.95 Å². The van der Waals surface area contributed by atoms with E-state index in [0.717, 1.165) is 47.4 Å². The lowest BCUT2D eigenvalue weighted by molar-refractivity contribution is -0.0530. The van der Waals surface area contributed by atoms with E-state index in [-0.39, 0.29) is 5.95 Å². The molecule has 5 heterocycles. The number of hydrogen-bond acceptors (Lipinski definition) is 8. The summed E-state index contributed by atoms with van der Waals surface area (Å²) in [4.78, 5) is 25.7. The first-order valence-corrected chi connectivity index (χ1v) is 10.8. The Labute approximate surface area is 174 Å². The lowest BCUT2D eigenvalue weighted by Gasteiger charge is -2.30. The van der Waals surface area contributed by atoms with Crippen molar-refractivity contribution in [2.75, 3.05) is 23.8 Å². The molecule has 2 atom stereocenters. The van der Waals surface area contributed by atoms with Crippen LogP contribution in [0.3, 0.4) is 0 Å². The second-order valence-corrected chi connectivity index (χ2v) is 9.16. The molecule has 1 aliphatic carbocycles. The van der Waals surface area contributed by atoms with Crippen molar-refractivity contribution in [1.82, 2.24) is 29.5 Å². The summed E-state index contributed by atoms with van der Waals surface area (Å²) in [6, 6.07) is 0.528. The summed E-state index contributed by atoms with van der Waals surface area (Å²) in [6.45, 7) is 6.54. The molecule has 6 rings (SSSR count). The minimum Gasteiger partial charge on any atom is -0.368 e. The van der Waals surface area contributed by atoms with Gasteiger partial charge in [-0.25, -0.2) is 24.9 Å². The van der Waals surface area contributed by atoms with Crippen LogP contribution >= 0.6 is 0 Å². The maximum atomic E-state index is 6.01. The summed E-state index contributed by atoms with van der Waals surface area (Å²) in [5, 5.41) is 0. The Morgan fingerprint density at radius 2 is 1.97 bits per heavy atom. The summed E-state index contributed by atoms with van der Waals surface area (Å²) in [7, 11) is 0. The highest BCUT2D eigenvalue weighted by molar-refractivity contribution is 5.87. The molecular weight excluding hydrogens is 380 g/mol. The third kappa shape index (κ3) is 2.68. The van der Waals surface area contributed by atoms with E-state index in [1.54, 1.807) is 12.4 Å². The molecule has 3 aliphatic rings. The van der Waals surface area contributed by atoms with Gasteiger partial charge in [0.15, 0.2) is 22.8 Å². The third-order valence-electron chi connectivity index (χ3n) is 6.75. The number of nitrogens with zero attached hydrogens (tertiary/aromatic N) is 7. The van der Waals surface area contributed by atoms with Crippen LogP contribution in [0, 0.1) is 5.92 Å². The van der Waals surface area contributed by atoms with Crippen LogP contribution in [0.1, 0.15) is 45.4 Å². The molecule has 9 nitrogen and oxygen atoms in total. The number of imidazole rings is 1. The standard InChI is InChI=1S/C21H26N8O/c1-21(2)19-25-15-17(28(19)6-7-30-21)26-16(13-9-23-20(22)24-10-13)27-18(15)29-11-12-4-3-5-14(29)8-12/h9-10,12,14H,3-8,11H2,1-2H3,(H2,22,23,24). The number of rotatable bonds is 2. The summed E-state index contributed by atoms with van der Waals surface area (Å²) in [6.07, 6.45) is 8.44. The van der Waals surface area contributed by atoms with Crippen molar-refractivity contribution in [2.24, 2.45) is 5.92 Å². The molecule has 30 heavy (non-hydrogen) atoms. The Hall–Kier alpha value is -2.81. The van der Waals surface area contributed by atoms with Gasteiger partial charge in [-0.15, -0.1) is 0 Å². The second kappa shape index (κ2) is 6.34. The van der Waals surface area contributed by atoms with Crippen molar-refractivity contribution in [2.45, 2.75) is 57.7 Å². The van der Waals surface area contributed by atoms with E-state index in [0.29, 0.717) is 18.5 Å². The number of ether oxygens (including phenoxy) is 1. The van der Waals surface area contributed by atoms with E-state index in [4.69, 9.17) is 25.4 Å². The molecule has 0 spiro atoms. The van der Waals surface area contributed by atoms with Gasteiger partial charge in [0.1, 0.15) is 11.4 Å². The van der Waals surface area contributed by atoms with Crippen LogP contribution in [-0.2, 0) is 16.9 Å². The molecule has 2 bridgehead atoms. The number of hydrogen-bond donors (Lipinski definition) is 1. The predicted octanol–water partition coefficient (Wildman–Crippen LogP) is 2.51. The van der Waals surface area contributed by atoms with E-state index in [1.165, 1.54) is 25.7 Å². The van der Waals surface area contributed by atoms with Crippen molar-refractivity contribution in [1.29, 1.82) is 0 Å². The maximum absolute atomic E-state index is 6.01. The van der Waals surface area contributed by atoms with Crippen LogP contribution in [0.2, 0.25) is 0 Å². The number of anilines is 2. The molecule has 2 aliphatic heterocycles. The minimum absolute atomic E-state index is 0.244. The zero-order valence-corrected chi connectivity index (χ0v) is 17.4. The van der Waals surface area contributed by atoms with Gasteiger partial charge in [-0.05, 0) is 39.0 Å². The van der Waals surface area contributed by atoms with Gasteiger partial charge in [0, 0.05) is 31.5 Å². The van der Waals surface area contributed by atoms with Gasteiger partial charge < -0.3 is 19.9 Å². The SMILES string of the molecule is CC1(C)OCCn2c1nc1c(N3CC4CCCC3C4)nc(-c3cnc(N)nc3)nc12. The maximum Gasteiger partial charge on any atom is 0.219 e. The molecule has 0 radical (unpaired) electrons. The molecule has 2 fully saturated rings. The van der Waals surface area contributed by atoms with Gasteiger partial charge >= 0.3 is 0 Å². The van der Waals surface area contributed by atoms with E-state index >= 15 is 0 Å². The molecule has 0 amide bonds. The summed E-state index contributed by atoms with van der Waals surface area (Å²) >= 11 is 0. The largest absolute Gasteiger partial charge is 0.368 e. The summed E-state index contributed by atoms with van der Waals surface area (Å²) < 4.78 is 8.19. The van der Waals surface area contributed by atoms with Gasteiger partial charge in [-0.2, -0.15) is 0 Å². The average molecular weight is 406 g/mol. The van der Waals surface area contributed by atoms with Crippen molar-refractivity contribution >= 4 is 22.9 Å². The fraction of sp³-hybridized carbons (Fsp3) is 0.571. The number of fused-ring (bicyclic) bond motifs is 5. The minimum atomic E-state index is -0.457. The predicted molar refractivity (Wildman–Crippen MR) is 113 cm³/mol. The van der Waals surface area contributed by atoms with E-state index in [9.17, 15) is 0 Å². The molecule has 2 unspecified atom stereocenters. The first-order chi connectivity index (χ1) is 14.5. The molecule has 2 N–H and O–H groups in total. The Kier molecular flexibility index (Phi) is 3.80. The monoisotopic (exact) mass is 406 g/mol. The third-order valence-corrected chi connectivity index (χ3v) is 6.75. The van der Waals surface area contributed by atoms with Crippen LogP contribution in [-0.4, -0.2) is 48.7 Å². The Morgan fingerprint density at radius 1 is 1.13 bits per heavy atom.